The summed E-state index contributed by atoms with van der Waals surface area (Å²) >= 11 is 6.66. The van der Waals surface area contributed by atoms with Crippen LogP contribution in [0.5, 0.6) is 0 Å². The van der Waals surface area contributed by atoms with Gasteiger partial charge < -0.3 is 11.1 Å². The molecule has 1 aromatic carbocycles. The minimum atomic E-state index is -4.70. The minimum Gasteiger partial charge on any atom is -0.364 e. The van der Waals surface area contributed by atoms with Gasteiger partial charge in [-0.2, -0.15) is 25.5 Å². The molecule has 1 saturated heterocycles. The van der Waals surface area contributed by atoms with E-state index in [0.717, 1.165) is 17.7 Å². The first-order valence-corrected chi connectivity index (χ1v) is 16.0. The summed E-state index contributed by atoms with van der Waals surface area (Å²) in [6.07, 6.45) is -2.51. The Kier molecular flexibility index (Phi) is 8.68. The largest absolute Gasteiger partial charge is 0.416 e. The third-order valence-electron chi connectivity index (χ3n) is 7.58. The van der Waals surface area contributed by atoms with Crippen molar-refractivity contribution in [3.05, 3.63) is 94.1 Å². The lowest BCUT2D eigenvalue weighted by Gasteiger charge is -2.36. The zero-order chi connectivity index (χ0) is 32.8. The van der Waals surface area contributed by atoms with Crippen LogP contribution in [-0.4, -0.2) is 46.7 Å². The average Bonchev–Trinajstić information content (AvgIpc) is 3.54. The highest BCUT2D eigenvalue weighted by Crippen LogP contribution is 2.46. The van der Waals surface area contributed by atoms with Crippen molar-refractivity contribution >= 4 is 44.7 Å². The summed E-state index contributed by atoms with van der Waals surface area (Å²) in [6.45, 7) is -0.0627. The molecule has 3 N–H and O–H groups in total. The fraction of sp³-hybridized carbons (Fsp3) is 0.276. The molecule has 238 valence electrons. The summed E-state index contributed by atoms with van der Waals surface area (Å²) in [5.41, 5.74) is 6.04. The molecule has 8 nitrogen and oxygen atoms in total. The number of carbonyl (C=O) groups is 1. The predicted octanol–water partition coefficient (Wildman–Crippen LogP) is 6.65. The van der Waals surface area contributed by atoms with Crippen molar-refractivity contribution in [2.45, 2.75) is 48.3 Å². The molecule has 1 aliphatic heterocycles. The normalized spacial score (nSPS) is 20.6. The number of sulfonamides is 1. The Balaban J connectivity index is 1.66. The van der Waals surface area contributed by atoms with E-state index in [-0.39, 0.29) is 37.2 Å². The lowest BCUT2D eigenvalue weighted by atomic mass is 10.1. The molecule has 1 aliphatic rings. The molecule has 45 heavy (non-hydrogen) atoms. The third kappa shape index (κ3) is 6.66. The maximum Gasteiger partial charge on any atom is 0.416 e. The first-order valence-electron chi connectivity index (χ1n) is 13.4. The van der Waals surface area contributed by atoms with Crippen molar-refractivity contribution < 1.29 is 39.1 Å². The molecule has 0 aliphatic carbocycles. The van der Waals surface area contributed by atoms with E-state index in [9.17, 15) is 26.4 Å². The molecule has 0 radical (unpaired) electrons. The lowest BCUT2D eigenvalue weighted by molar-refractivity contribution is -0.827. The van der Waals surface area contributed by atoms with Crippen molar-refractivity contribution in [1.29, 1.82) is 0 Å². The van der Waals surface area contributed by atoms with Crippen molar-refractivity contribution in [2.24, 2.45) is 5.73 Å². The number of pyridine rings is 2. The number of hydrogen-bond donors (Lipinski definition) is 2. The number of hydrogen-bond acceptors (Lipinski definition) is 7. The lowest BCUT2D eigenvalue weighted by Crippen LogP contribution is -2.59. The Labute approximate surface area is 264 Å². The van der Waals surface area contributed by atoms with E-state index in [1.54, 1.807) is 24.5 Å². The van der Waals surface area contributed by atoms with Gasteiger partial charge in [-0.1, -0.05) is 23.7 Å². The van der Waals surface area contributed by atoms with E-state index in [4.69, 9.17) is 17.3 Å². The van der Waals surface area contributed by atoms with Crippen molar-refractivity contribution in [2.75, 3.05) is 11.9 Å². The van der Waals surface area contributed by atoms with Gasteiger partial charge >= 0.3 is 22.1 Å². The number of quaternary nitrogens is 1. The fourth-order valence-corrected chi connectivity index (χ4v) is 9.30. The van der Waals surface area contributed by atoms with Gasteiger partial charge in [0.2, 0.25) is 0 Å². The van der Waals surface area contributed by atoms with Gasteiger partial charge in [0.05, 0.1) is 28.1 Å². The molecule has 0 saturated carbocycles. The molecule has 5 rings (SSSR count). The summed E-state index contributed by atoms with van der Waals surface area (Å²) in [5.74, 6) is -4.60. The topological polar surface area (TPSA) is 115 Å². The monoisotopic (exact) mass is 686 g/mol. The Hall–Kier alpha value is -3.66. The van der Waals surface area contributed by atoms with Gasteiger partial charge in [-0.3, -0.25) is 9.78 Å². The zero-order valence-electron chi connectivity index (χ0n) is 23.4. The van der Waals surface area contributed by atoms with E-state index in [1.807, 2.05) is 6.92 Å². The molecular formula is C29H26ClF5N5O3S2+. The Morgan fingerprint density at radius 2 is 1.80 bits per heavy atom. The smallest absolute Gasteiger partial charge is 0.364 e. The van der Waals surface area contributed by atoms with E-state index in [1.165, 1.54) is 36.4 Å². The summed E-state index contributed by atoms with van der Waals surface area (Å²) in [7, 11) is -4.70. The average molecular weight is 687 g/mol. The second-order valence-corrected chi connectivity index (χ2v) is 14.8. The number of nitrogens with zero attached hydrogens (tertiary/aromatic N) is 3. The summed E-state index contributed by atoms with van der Waals surface area (Å²) in [4.78, 5) is 21.1. The molecule has 4 heterocycles. The number of amides is 1. The van der Waals surface area contributed by atoms with Gasteiger partial charge in [-0.25, -0.2) is 13.8 Å². The fourth-order valence-electron chi connectivity index (χ4n) is 5.46. The van der Waals surface area contributed by atoms with Gasteiger partial charge in [0.25, 0.3) is 5.91 Å². The van der Waals surface area contributed by atoms with E-state index in [0.29, 0.717) is 11.3 Å². The Bertz CT molecular complexity index is 1820. The number of carbonyl (C=O) groups excluding carboxylic acids is 1. The van der Waals surface area contributed by atoms with Gasteiger partial charge in [0.1, 0.15) is 12.4 Å². The molecule has 16 heteroatoms. The molecule has 3 aromatic heterocycles. The van der Waals surface area contributed by atoms with Crippen LogP contribution < -0.4 is 11.1 Å². The first kappa shape index (κ1) is 32.7. The van der Waals surface area contributed by atoms with E-state index in [2.05, 4.69) is 15.3 Å². The standard InChI is InChI=1S/C29H25ClF5N5O3S2/c1-17(19-8-10-37-11-9-19)38-25-13-18(12-22(39-25)20-2-4-21(5-3-20)29(33,34)35)15-40(16-28(31,32)14-23(40)27(36)41)45(42,43)26-7-6-24(30)44-26/h2-13,17,23H,14-16H2,1H3,(H2-,36,38,39,41)/p+1/t17?,23-,40?/m0/s1. The molecule has 0 bridgehead atoms. The first-order chi connectivity index (χ1) is 21.0. The van der Waals surface area contributed by atoms with Crippen molar-refractivity contribution in [3.8, 4) is 11.3 Å². The molecule has 1 amide bonds. The van der Waals surface area contributed by atoms with Crippen LogP contribution in [0.25, 0.3) is 11.3 Å². The highest BCUT2D eigenvalue weighted by Gasteiger charge is 2.65. The van der Waals surface area contributed by atoms with E-state index < -0.39 is 63.0 Å². The van der Waals surface area contributed by atoms with Crippen LogP contribution in [0.2, 0.25) is 4.34 Å². The predicted molar refractivity (Wildman–Crippen MR) is 159 cm³/mol. The second kappa shape index (κ2) is 11.9. The van der Waals surface area contributed by atoms with Crippen LogP contribution in [-0.2, 0) is 27.5 Å². The molecule has 1 fully saturated rings. The van der Waals surface area contributed by atoms with Crippen LogP contribution in [0, 0.1) is 0 Å². The summed E-state index contributed by atoms with van der Waals surface area (Å²) in [6, 6.07) is 10.8. The number of anilines is 1. The molecular weight excluding hydrogens is 661 g/mol. The number of rotatable bonds is 9. The number of alkyl halides is 5. The Morgan fingerprint density at radius 1 is 1.13 bits per heavy atom. The second-order valence-electron chi connectivity index (χ2n) is 10.7. The number of nitrogens with one attached hydrogen (secondary N) is 1. The maximum atomic E-state index is 15.1. The highest BCUT2D eigenvalue weighted by molar-refractivity contribution is 7.88. The molecule has 4 aromatic rings. The number of benzene rings is 1. The zero-order valence-corrected chi connectivity index (χ0v) is 25.8. The number of nitrogens with two attached hydrogens (primary N) is 1. The quantitative estimate of drug-likeness (QED) is 0.151. The van der Waals surface area contributed by atoms with E-state index >= 15 is 8.78 Å². The number of thiophene rings is 1. The van der Waals surface area contributed by atoms with Crippen LogP contribution in [0.4, 0.5) is 27.8 Å². The summed E-state index contributed by atoms with van der Waals surface area (Å²) in [5, 5.41) is 3.18. The third-order valence-corrected chi connectivity index (χ3v) is 11.6. The molecule has 0 spiro atoms. The number of halogens is 6. The van der Waals surface area contributed by atoms with Crippen molar-refractivity contribution in [1.82, 2.24) is 9.97 Å². The molecule has 3 atom stereocenters. The number of likely N-dealkylation sites (tertiary alicyclic amines) is 1. The van der Waals surface area contributed by atoms with Crippen molar-refractivity contribution in [3.63, 3.8) is 0 Å². The van der Waals surface area contributed by atoms with Gasteiger partial charge in [0, 0.05) is 23.5 Å². The molecule has 2 unspecified atom stereocenters. The van der Waals surface area contributed by atoms with Gasteiger partial charge in [-0.05, 0) is 61.0 Å². The number of primary amides is 1. The van der Waals surface area contributed by atoms with Crippen LogP contribution in [0.15, 0.2) is 77.3 Å². The van der Waals surface area contributed by atoms with Crippen LogP contribution in [0.1, 0.15) is 36.1 Å². The SMILES string of the molecule is CC(Nc1cc(C[N+]2(S(=O)(=O)c3ccc(Cl)s3)CC(F)(F)C[C@H]2C(N)=O)cc(-c2ccc(C(F)(F)F)cc2)n1)c1ccncc1. The van der Waals surface area contributed by atoms with Gasteiger partial charge in [-0.15, -0.1) is 11.3 Å². The minimum absolute atomic E-state index is 0.0957. The highest BCUT2D eigenvalue weighted by atomic mass is 35.5. The van der Waals surface area contributed by atoms with Crippen LogP contribution in [0.3, 0.4) is 0 Å². The number of aromatic nitrogens is 2. The maximum absolute atomic E-state index is 15.1. The summed E-state index contributed by atoms with van der Waals surface area (Å²) < 4.78 is 96.6. The van der Waals surface area contributed by atoms with Gasteiger partial charge in [0.15, 0.2) is 16.8 Å². The Morgan fingerprint density at radius 3 is 2.38 bits per heavy atom. The van der Waals surface area contributed by atoms with Crippen LogP contribution >= 0.6 is 22.9 Å².